The number of nitrogens with zero attached hydrogens (tertiary/aromatic N) is 1. The quantitative estimate of drug-likeness (QED) is 0.380. The number of hydrogen-bond acceptors (Lipinski definition) is 1. The van der Waals surface area contributed by atoms with Gasteiger partial charge in [-0.1, -0.05) is 80.6 Å². The van der Waals surface area contributed by atoms with Gasteiger partial charge in [0.2, 0.25) is 0 Å². The third-order valence-electron chi connectivity index (χ3n) is 6.08. The first-order valence-corrected chi connectivity index (χ1v) is 9.53. The number of anilines is 2. The maximum Gasteiger partial charge on any atom is 0.0487 e. The summed E-state index contributed by atoms with van der Waals surface area (Å²) in [5.74, 6) is 0. The van der Waals surface area contributed by atoms with Gasteiger partial charge in [-0.15, -0.1) is 0 Å². The maximum atomic E-state index is 2.35. The van der Waals surface area contributed by atoms with Crippen LogP contribution in [0.3, 0.4) is 0 Å². The molecular formula is C26H23N. The highest BCUT2D eigenvalue weighted by molar-refractivity contribution is 5.96. The van der Waals surface area contributed by atoms with Crippen molar-refractivity contribution in [2.45, 2.75) is 19.3 Å². The molecule has 0 aromatic heterocycles. The van der Waals surface area contributed by atoms with Gasteiger partial charge in [0.1, 0.15) is 0 Å². The van der Waals surface area contributed by atoms with E-state index in [1.165, 1.54) is 44.4 Å². The molecule has 1 aliphatic carbocycles. The molecule has 0 N–H and O–H groups in total. The molecule has 0 atom stereocenters. The van der Waals surface area contributed by atoms with Gasteiger partial charge in [-0.05, 0) is 45.8 Å². The van der Waals surface area contributed by atoms with Crippen LogP contribution in [0.2, 0.25) is 0 Å². The molecule has 0 spiro atoms. The first kappa shape index (κ1) is 16.1. The molecule has 0 radical (unpaired) electrons. The Morgan fingerprint density at radius 3 is 2.26 bits per heavy atom. The third kappa shape index (κ3) is 2.31. The smallest absolute Gasteiger partial charge is 0.0487 e. The molecule has 4 aromatic rings. The Morgan fingerprint density at radius 1 is 0.667 bits per heavy atom. The van der Waals surface area contributed by atoms with Crippen molar-refractivity contribution >= 4 is 22.1 Å². The molecule has 27 heavy (non-hydrogen) atoms. The van der Waals surface area contributed by atoms with Crippen molar-refractivity contribution in [3.05, 3.63) is 96.1 Å². The normalized spacial score (nSPS) is 14.0. The molecule has 1 heteroatoms. The standard InChI is InChI=1S/C26H23N/c1-26(2)23-13-7-6-12-21(23)22-17-19(15-16-24(22)26)27(3)25-14-8-10-18-9-4-5-11-20(18)25/h4-17H,1-3H3. The molecule has 1 aliphatic rings. The van der Waals surface area contributed by atoms with E-state index < -0.39 is 0 Å². The topological polar surface area (TPSA) is 3.24 Å². The highest BCUT2D eigenvalue weighted by atomic mass is 15.1. The Balaban J connectivity index is 1.67. The summed E-state index contributed by atoms with van der Waals surface area (Å²) in [6.45, 7) is 4.65. The summed E-state index contributed by atoms with van der Waals surface area (Å²) in [6.07, 6.45) is 0. The van der Waals surface area contributed by atoms with Crippen LogP contribution in [0, 0.1) is 0 Å². The van der Waals surface area contributed by atoms with Gasteiger partial charge in [0.25, 0.3) is 0 Å². The Hall–Kier alpha value is -3.06. The van der Waals surface area contributed by atoms with Gasteiger partial charge in [0, 0.05) is 29.2 Å². The first-order valence-electron chi connectivity index (χ1n) is 9.53. The summed E-state index contributed by atoms with van der Waals surface area (Å²) in [4.78, 5) is 2.30. The minimum absolute atomic E-state index is 0.0580. The second kappa shape index (κ2) is 5.72. The van der Waals surface area contributed by atoms with E-state index in [0.717, 1.165) is 0 Å². The monoisotopic (exact) mass is 349 g/mol. The highest BCUT2D eigenvalue weighted by Gasteiger charge is 2.35. The van der Waals surface area contributed by atoms with Gasteiger partial charge < -0.3 is 4.90 Å². The van der Waals surface area contributed by atoms with Crippen molar-refractivity contribution in [2.75, 3.05) is 11.9 Å². The fourth-order valence-corrected chi connectivity index (χ4v) is 4.56. The average Bonchev–Trinajstić information content (AvgIpc) is 2.94. The Kier molecular flexibility index (Phi) is 3.42. The minimum atomic E-state index is 0.0580. The van der Waals surface area contributed by atoms with Crippen LogP contribution in [0.25, 0.3) is 21.9 Å². The summed E-state index contributed by atoms with van der Waals surface area (Å²) in [6, 6.07) is 30.8. The second-order valence-corrected chi connectivity index (χ2v) is 7.96. The van der Waals surface area contributed by atoms with Gasteiger partial charge in [-0.3, -0.25) is 0 Å². The molecule has 0 aliphatic heterocycles. The SMILES string of the molecule is CN(c1ccc2c(c1)-c1ccccc1C2(C)C)c1cccc2ccccc12. The van der Waals surface area contributed by atoms with Crippen molar-refractivity contribution in [3.63, 3.8) is 0 Å². The molecule has 0 heterocycles. The number of hydrogen-bond donors (Lipinski definition) is 0. The van der Waals surface area contributed by atoms with Gasteiger partial charge in [0.05, 0.1) is 0 Å². The highest BCUT2D eigenvalue weighted by Crippen LogP contribution is 2.49. The van der Waals surface area contributed by atoms with E-state index in [4.69, 9.17) is 0 Å². The van der Waals surface area contributed by atoms with Crippen LogP contribution in [0.4, 0.5) is 11.4 Å². The largest absolute Gasteiger partial charge is 0.344 e. The number of rotatable bonds is 2. The maximum absolute atomic E-state index is 2.35. The van der Waals surface area contributed by atoms with Crippen LogP contribution in [-0.2, 0) is 5.41 Å². The van der Waals surface area contributed by atoms with Crippen LogP contribution in [0.15, 0.2) is 84.9 Å². The molecule has 4 aromatic carbocycles. The molecule has 5 rings (SSSR count). The fourth-order valence-electron chi connectivity index (χ4n) is 4.56. The van der Waals surface area contributed by atoms with Crippen LogP contribution in [0.5, 0.6) is 0 Å². The van der Waals surface area contributed by atoms with E-state index in [0.29, 0.717) is 0 Å². The molecule has 1 nitrogen and oxygen atoms in total. The van der Waals surface area contributed by atoms with Gasteiger partial charge >= 0.3 is 0 Å². The van der Waals surface area contributed by atoms with Crippen molar-refractivity contribution in [2.24, 2.45) is 0 Å². The average molecular weight is 349 g/mol. The van der Waals surface area contributed by atoms with Crippen LogP contribution >= 0.6 is 0 Å². The van der Waals surface area contributed by atoms with Crippen molar-refractivity contribution in [1.82, 2.24) is 0 Å². The number of benzene rings is 4. The summed E-state index contributed by atoms with van der Waals surface area (Å²) in [7, 11) is 2.16. The zero-order valence-electron chi connectivity index (χ0n) is 16.0. The summed E-state index contributed by atoms with van der Waals surface area (Å²) in [5.41, 5.74) is 8.08. The summed E-state index contributed by atoms with van der Waals surface area (Å²) >= 11 is 0. The van der Waals surface area contributed by atoms with Crippen molar-refractivity contribution in [1.29, 1.82) is 0 Å². The van der Waals surface area contributed by atoms with Crippen LogP contribution in [0.1, 0.15) is 25.0 Å². The van der Waals surface area contributed by atoms with E-state index in [-0.39, 0.29) is 5.41 Å². The molecule has 0 bridgehead atoms. The molecule has 0 amide bonds. The first-order chi connectivity index (χ1) is 13.1. The molecule has 0 saturated heterocycles. The summed E-state index contributed by atoms with van der Waals surface area (Å²) < 4.78 is 0. The van der Waals surface area contributed by atoms with Crippen molar-refractivity contribution < 1.29 is 0 Å². The van der Waals surface area contributed by atoms with Crippen LogP contribution < -0.4 is 4.90 Å². The lowest BCUT2D eigenvalue weighted by molar-refractivity contribution is 0.660. The molecule has 0 unspecified atom stereocenters. The van der Waals surface area contributed by atoms with E-state index in [9.17, 15) is 0 Å². The van der Waals surface area contributed by atoms with E-state index >= 15 is 0 Å². The Bertz CT molecular complexity index is 1160. The lowest BCUT2D eigenvalue weighted by atomic mass is 9.82. The Labute approximate surface area is 160 Å². The number of fused-ring (bicyclic) bond motifs is 4. The predicted octanol–water partition coefficient (Wildman–Crippen LogP) is 6.91. The zero-order valence-corrected chi connectivity index (χ0v) is 16.0. The van der Waals surface area contributed by atoms with E-state index in [1.807, 2.05) is 0 Å². The van der Waals surface area contributed by atoms with Crippen molar-refractivity contribution in [3.8, 4) is 11.1 Å². The molecular weight excluding hydrogens is 326 g/mol. The summed E-state index contributed by atoms with van der Waals surface area (Å²) in [5, 5.41) is 2.55. The third-order valence-corrected chi connectivity index (χ3v) is 6.08. The second-order valence-electron chi connectivity index (χ2n) is 7.96. The van der Waals surface area contributed by atoms with Crippen LogP contribution in [-0.4, -0.2) is 7.05 Å². The van der Waals surface area contributed by atoms with E-state index in [2.05, 4.69) is 111 Å². The molecule has 132 valence electrons. The lowest BCUT2D eigenvalue weighted by Gasteiger charge is -2.24. The minimum Gasteiger partial charge on any atom is -0.344 e. The van der Waals surface area contributed by atoms with Gasteiger partial charge in [-0.25, -0.2) is 0 Å². The Morgan fingerprint density at radius 2 is 1.37 bits per heavy atom. The van der Waals surface area contributed by atoms with E-state index in [1.54, 1.807) is 0 Å². The molecule has 0 fully saturated rings. The fraction of sp³-hybridized carbons (Fsp3) is 0.154. The lowest BCUT2D eigenvalue weighted by Crippen LogP contribution is -2.15. The van der Waals surface area contributed by atoms with Gasteiger partial charge in [0.15, 0.2) is 0 Å². The zero-order chi connectivity index (χ0) is 18.6. The van der Waals surface area contributed by atoms with Gasteiger partial charge in [-0.2, -0.15) is 0 Å². The molecule has 0 saturated carbocycles. The predicted molar refractivity (Wildman–Crippen MR) is 116 cm³/mol.